The average Bonchev–Trinajstić information content (AvgIpc) is 3.95. The summed E-state index contributed by atoms with van der Waals surface area (Å²) in [6.45, 7) is 5.16. The molecule has 8 aromatic rings. The molecule has 1 spiro atoms. The molecule has 0 bridgehead atoms. The molecule has 15 rings (SSSR count). The van der Waals surface area contributed by atoms with Crippen LogP contribution < -0.4 is 20.8 Å². The van der Waals surface area contributed by atoms with Crippen molar-refractivity contribution in [3.8, 4) is 33.4 Å². The largest absolute Gasteiger partial charge is 0.113 e. The van der Waals surface area contributed by atoms with Gasteiger partial charge in [-0.05, 0) is 188 Å². The quantitative estimate of drug-likeness (QED) is 0.155. The van der Waals surface area contributed by atoms with E-state index in [2.05, 4.69) is 201 Å². The summed E-state index contributed by atoms with van der Waals surface area (Å²) in [6.07, 6.45) is 23.2. The van der Waals surface area contributed by atoms with Gasteiger partial charge >= 0.3 is 0 Å². The Morgan fingerprint density at radius 3 is 2.15 bits per heavy atom. The van der Waals surface area contributed by atoms with Crippen LogP contribution in [0.5, 0.6) is 0 Å². The van der Waals surface area contributed by atoms with Crippen molar-refractivity contribution in [2.24, 2.45) is 5.92 Å². The second-order valence-electron chi connectivity index (χ2n) is 21.1. The van der Waals surface area contributed by atoms with E-state index in [0.717, 1.165) is 44.9 Å². The topological polar surface area (TPSA) is 0 Å². The summed E-state index contributed by atoms with van der Waals surface area (Å²) >= 11 is 0. The van der Waals surface area contributed by atoms with Crippen molar-refractivity contribution >= 4 is 63.8 Å². The summed E-state index contributed by atoms with van der Waals surface area (Å²) in [6, 6.07) is 58.6. The number of aryl methyl sites for hydroxylation is 1. The third kappa shape index (κ3) is 5.21. The molecular weight excluding hydrogens is 833 g/mol. The van der Waals surface area contributed by atoms with E-state index in [4.69, 9.17) is 0 Å². The number of hydrogen-bond acceptors (Lipinski definition) is 0. The van der Waals surface area contributed by atoms with Crippen LogP contribution in [0.3, 0.4) is 0 Å². The van der Waals surface area contributed by atoms with Gasteiger partial charge in [0.05, 0.1) is 5.41 Å². The lowest BCUT2D eigenvalue weighted by Crippen LogP contribution is -2.49. The summed E-state index contributed by atoms with van der Waals surface area (Å²) in [5.74, 6) is 0.301. The van der Waals surface area contributed by atoms with Gasteiger partial charge in [-0.25, -0.2) is 0 Å². The average molecular weight is 885 g/mol. The molecule has 324 valence electrons. The molecular formula is C67H52Si. The van der Waals surface area contributed by atoms with Crippen LogP contribution in [0, 0.1) is 5.92 Å². The lowest BCUT2D eigenvalue weighted by Gasteiger charge is -2.36. The van der Waals surface area contributed by atoms with E-state index in [1.54, 1.807) is 32.7 Å². The van der Waals surface area contributed by atoms with Gasteiger partial charge in [-0.15, -0.1) is 0 Å². The summed E-state index contributed by atoms with van der Waals surface area (Å²) in [5, 5.41) is 11.4. The fraction of sp³-hybridized carbons (Fsp3) is 0.164. The Bertz CT molecular complexity index is 3870. The number of allylic oxidation sites excluding steroid dienone is 9. The van der Waals surface area contributed by atoms with Crippen LogP contribution in [0.2, 0.25) is 13.1 Å². The molecule has 0 saturated heterocycles. The molecule has 0 aromatic heterocycles. The standard InChI is InChI=1S/C67H52Si/c1-68(2)63-26-14-10-22-53(63)55-39-57-58(40-64(55)68)66(48-30-28-42-16-4-6-18-44(42)36-48)56-37-45(32-34-54(56)65(57)47-29-27-41-15-3-5-17-43(41)35-47)46-31-33-52-51-21-9-13-25-61(51)67(62(52)38-46)59-23-11-7-19-49(59)50-20-8-12-24-60(50)67/h3-12,14-24,26-27,29,34-40,45H,13,25,28,30-33H2,1-2H3. The van der Waals surface area contributed by atoms with Gasteiger partial charge < -0.3 is 0 Å². The molecule has 0 radical (unpaired) electrons. The van der Waals surface area contributed by atoms with E-state index in [9.17, 15) is 0 Å². The van der Waals surface area contributed by atoms with Crippen molar-refractivity contribution < 1.29 is 0 Å². The normalized spacial score (nSPS) is 19.5. The van der Waals surface area contributed by atoms with Crippen LogP contribution in [-0.4, -0.2) is 8.07 Å². The minimum absolute atomic E-state index is 0.232. The van der Waals surface area contributed by atoms with Crippen molar-refractivity contribution in [1.82, 2.24) is 0 Å². The molecule has 1 unspecified atom stereocenters. The van der Waals surface area contributed by atoms with E-state index in [-0.39, 0.29) is 5.41 Å². The fourth-order valence-electron chi connectivity index (χ4n) is 14.5. The first-order valence-corrected chi connectivity index (χ1v) is 28.2. The summed E-state index contributed by atoms with van der Waals surface area (Å²) in [5.41, 5.74) is 24.8. The van der Waals surface area contributed by atoms with E-state index in [1.165, 1.54) is 104 Å². The summed E-state index contributed by atoms with van der Waals surface area (Å²) in [4.78, 5) is 0. The molecule has 0 amide bonds. The highest BCUT2D eigenvalue weighted by Gasteiger charge is 2.53. The molecule has 0 N–H and O–H groups in total. The van der Waals surface area contributed by atoms with Crippen LogP contribution in [0.4, 0.5) is 0 Å². The number of fused-ring (bicyclic) bond motifs is 15. The first kappa shape index (κ1) is 39.0. The van der Waals surface area contributed by atoms with Crippen molar-refractivity contribution in [2.75, 3.05) is 0 Å². The Balaban J connectivity index is 1.01. The van der Waals surface area contributed by atoms with E-state index >= 15 is 0 Å². The fourth-order valence-corrected chi connectivity index (χ4v) is 17.6. The Hall–Kier alpha value is -7.06. The highest BCUT2D eigenvalue weighted by molar-refractivity contribution is 7.04. The maximum Gasteiger partial charge on any atom is 0.113 e. The van der Waals surface area contributed by atoms with Gasteiger partial charge in [0.2, 0.25) is 0 Å². The maximum atomic E-state index is 2.77. The zero-order chi connectivity index (χ0) is 44.9. The minimum Gasteiger partial charge on any atom is -0.0836 e. The number of rotatable bonds is 3. The van der Waals surface area contributed by atoms with Gasteiger partial charge in [-0.3, -0.25) is 0 Å². The second kappa shape index (κ2) is 14.2. The Morgan fingerprint density at radius 1 is 0.559 bits per heavy atom. The van der Waals surface area contributed by atoms with Crippen molar-refractivity contribution in [2.45, 2.75) is 63.5 Å². The molecule has 1 aliphatic heterocycles. The predicted octanol–water partition coefficient (Wildman–Crippen LogP) is 14.2. The van der Waals surface area contributed by atoms with Crippen molar-refractivity contribution in [1.29, 1.82) is 0 Å². The van der Waals surface area contributed by atoms with E-state index in [1.807, 2.05) is 0 Å². The van der Waals surface area contributed by atoms with Crippen molar-refractivity contribution in [3.63, 3.8) is 0 Å². The zero-order valence-electron chi connectivity index (χ0n) is 38.9. The minimum atomic E-state index is -1.99. The SMILES string of the molecule is C[Si]1(C)c2ccccc2-c2cc3c(-c4ccc5ccccc5c4)c4c(c(C5=Cc6ccccc6CC5)c3cc21)=CC(C1=CC2=C(CC1)C1=C(CCC=C1)C21c2ccccc2-c2ccccc21)CC=4. The molecule has 0 saturated carbocycles. The highest BCUT2D eigenvalue weighted by atomic mass is 28.3. The number of benzene rings is 8. The van der Waals surface area contributed by atoms with Gasteiger partial charge in [0.25, 0.3) is 0 Å². The zero-order valence-corrected chi connectivity index (χ0v) is 39.9. The predicted molar refractivity (Wildman–Crippen MR) is 290 cm³/mol. The lowest BCUT2D eigenvalue weighted by molar-refractivity contribution is 0.685. The van der Waals surface area contributed by atoms with Crippen molar-refractivity contribution in [3.05, 3.63) is 236 Å². The third-order valence-electron chi connectivity index (χ3n) is 17.5. The molecule has 6 aliphatic carbocycles. The van der Waals surface area contributed by atoms with Gasteiger partial charge in [-0.2, -0.15) is 0 Å². The maximum absolute atomic E-state index is 2.77. The Morgan fingerprint density at radius 2 is 1.29 bits per heavy atom. The van der Waals surface area contributed by atoms with Gasteiger partial charge in [0.15, 0.2) is 0 Å². The van der Waals surface area contributed by atoms with E-state index in [0.29, 0.717) is 5.92 Å². The molecule has 0 nitrogen and oxygen atoms in total. The highest BCUT2D eigenvalue weighted by Crippen LogP contribution is 2.65. The first-order chi connectivity index (χ1) is 33.5. The summed E-state index contributed by atoms with van der Waals surface area (Å²) < 4.78 is 0. The van der Waals surface area contributed by atoms with E-state index < -0.39 is 8.07 Å². The second-order valence-corrected chi connectivity index (χ2v) is 25.4. The third-order valence-corrected chi connectivity index (χ3v) is 21.1. The summed E-state index contributed by atoms with van der Waals surface area (Å²) in [7, 11) is -1.99. The van der Waals surface area contributed by atoms with Crippen LogP contribution in [0.1, 0.15) is 66.3 Å². The molecule has 7 aliphatic rings. The van der Waals surface area contributed by atoms with Crippen LogP contribution >= 0.6 is 0 Å². The number of hydrogen-bond donors (Lipinski definition) is 0. The van der Waals surface area contributed by atoms with Gasteiger partial charge in [0, 0.05) is 5.92 Å². The lowest BCUT2D eigenvalue weighted by atomic mass is 9.66. The Labute approximate surface area is 400 Å². The molecule has 8 aromatic carbocycles. The molecule has 68 heavy (non-hydrogen) atoms. The van der Waals surface area contributed by atoms with Crippen LogP contribution in [-0.2, 0) is 11.8 Å². The van der Waals surface area contributed by atoms with Crippen LogP contribution in [0.15, 0.2) is 198 Å². The van der Waals surface area contributed by atoms with Gasteiger partial charge in [-0.1, -0.05) is 195 Å². The van der Waals surface area contributed by atoms with Crippen LogP contribution in [0.25, 0.3) is 78.7 Å². The Kier molecular flexibility index (Phi) is 8.16. The first-order valence-electron chi connectivity index (χ1n) is 25.2. The smallest absolute Gasteiger partial charge is 0.0836 e. The molecule has 1 atom stereocenters. The molecule has 1 heteroatoms. The molecule has 0 fully saturated rings. The molecule has 1 heterocycles. The van der Waals surface area contributed by atoms with Gasteiger partial charge in [0.1, 0.15) is 8.07 Å². The monoisotopic (exact) mass is 884 g/mol.